The topological polar surface area (TPSA) is 33.2 Å². The van der Waals surface area contributed by atoms with E-state index >= 15 is 0 Å². The number of benzene rings is 2. The monoisotopic (exact) mass is 442 g/mol. The molecule has 1 aromatic heterocycles. The van der Waals surface area contributed by atoms with Crippen molar-refractivity contribution in [2.75, 3.05) is 19.3 Å². The zero-order valence-electron chi connectivity index (χ0n) is 17.7. The summed E-state index contributed by atoms with van der Waals surface area (Å²) < 4.78 is 13.0. The van der Waals surface area contributed by atoms with Crippen LogP contribution in [0, 0.1) is 12.7 Å². The van der Waals surface area contributed by atoms with Crippen molar-refractivity contribution >= 4 is 29.0 Å². The highest BCUT2D eigenvalue weighted by Crippen LogP contribution is 2.30. The second-order valence-electron chi connectivity index (χ2n) is 7.26. The smallest absolute Gasteiger partial charge is 0.232 e. The predicted molar refractivity (Wildman–Crippen MR) is 126 cm³/mol. The van der Waals surface area contributed by atoms with E-state index in [-0.39, 0.29) is 11.7 Å². The average Bonchev–Trinajstić information content (AvgIpc) is 3.13. The summed E-state index contributed by atoms with van der Waals surface area (Å²) in [6.07, 6.45) is 1.76. The maximum atomic E-state index is 13.0. The number of carbonyl (C=O) groups excluding carboxylic acids is 1. The van der Waals surface area contributed by atoms with Crippen LogP contribution in [0.3, 0.4) is 0 Å². The van der Waals surface area contributed by atoms with Gasteiger partial charge >= 0.3 is 0 Å². The number of aryl methyl sites for hydroxylation is 2. The molecule has 0 spiro atoms. The normalized spacial score (nSPS) is 10.9. The van der Waals surface area contributed by atoms with Crippen molar-refractivity contribution in [3.63, 3.8) is 0 Å². The molecule has 158 valence electrons. The van der Waals surface area contributed by atoms with Gasteiger partial charge in [0.25, 0.3) is 0 Å². The minimum Gasteiger partial charge on any atom is -0.345 e. The fourth-order valence-corrected chi connectivity index (χ4v) is 5.22. The molecule has 2 aromatic carbocycles. The lowest BCUT2D eigenvalue weighted by Gasteiger charge is -2.17. The van der Waals surface area contributed by atoms with Crippen molar-refractivity contribution in [2.24, 2.45) is 0 Å². The Bertz CT molecular complexity index is 968. The lowest BCUT2D eigenvalue weighted by atomic mass is 10.1. The minimum atomic E-state index is -0.237. The summed E-state index contributed by atoms with van der Waals surface area (Å²) in [5.74, 6) is 1.10. The molecule has 3 rings (SSSR count). The third kappa shape index (κ3) is 6.16. The van der Waals surface area contributed by atoms with Gasteiger partial charge in [-0.2, -0.15) is 0 Å². The van der Waals surface area contributed by atoms with Gasteiger partial charge in [0.05, 0.1) is 11.4 Å². The fourth-order valence-electron chi connectivity index (χ4n) is 2.98. The van der Waals surface area contributed by atoms with Gasteiger partial charge < -0.3 is 4.90 Å². The summed E-state index contributed by atoms with van der Waals surface area (Å²) in [7, 11) is 1.82. The number of carbonyl (C=O) groups is 1. The van der Waals surface area contributed by atoms with E-state index in [4.69, 9.17) is 4.98 Å². The molecule has 0 fully saturated rings. The maximum absolute atomic E-state index is 13.0. The second-order valence-corrected chi connectivity index (χ2v) is 9.33. The largest absolute Gasteiger partial charge is 0.345 e. The molecule has 0 aliphatic carbocycles. The van der Waals surface area contributed by atoms with Crippen molar-refractivity contribution in [2.45, 2.75) is 32.4 Å². The summed E-state index contributed by atoms with van der Waals surface area (Å²) >= 11 is 3.33. The van der Waals surface area contributed by atoms with Gasteiger partial charge in [0.1, 0.15) is 10.8 Å². The number of thioether (sulfide) groups is 1. The molecule has 3 aromatic rings. The van der Waals surface area contributed by atoms with Crippen LogP contribution >= 0.6 is 23.1 Å². The Balaban J connectivity index is 1.47. The van der Waals surface area contributed by atoms with Crippen LogP contribution in [0.2, 0.25) is 0 Å². The summed E-state index contributed by atoms with van der Waals surface area (Å²) in [6.45, 7) is 4.81. The van der Waals surface area contributed by atoms with Crippen molar-refractivity contribution in [3.8, 4) is 10.6 Å². The predicted octanol–water partition coefficient (Wildman–Crippen LogP) is 5.75. The molecule has 0 radical (unpaired) electrons. The summed E-state index contributed by atoms with van der Waals surface area (Å²) in [5.41, 5.74) is 4.54. The molecule has 0 aliphatic heterocycles. The molecule has 0 atom stereocenters. The molecule has 0 bridgehead atoms. The number of likely N-dealkylation sites (N-methyl/N-ethyl adjacent to an activating group) is 1. The van der Waals surface area contributed by atoms with Crippen LogP contribution in [0.1, 0.15) is 28.6 Å². The number of amides is 1. The first-order valence-electron chi connectivity index (χ1n) is 10.1. The Morgan fingerprint density at radius 1 is 1.10 bits per heavy atom. The molecule has 0 saturated carbocycles. The Kier molecular flexibility index (Phi) is 8.05. The van der Waals surface area contributed by atoms with Gasteiger partial charge in [-0.25, -0.2) is 9.37 Å². The number of hydrogen-bond donors (Lipinski definition) is 0. The number of hydrogen-bond acceptors (Lipinski definition) is 4. The number of halogens is 1. The summed E-state index contributed by atoms with van der Waals surface area (Å²) in [4.78, 5) is 20.1. The number of aromatic nitrogens is 1. The zero-order chi connectivity index (χ0) is 21.5. The van der Waals surface area contributed by atoms with Crippen molar-refractivity contribution in [3.05, 3.63) is 76.0 Å². The molecular weight excluding hydrogens is 415 g/mol. The quantitative estimate of drug-likeness (QED) is 0.423. The minimum absolute atomic E-state index is 0.111. The lowest BCUT2D eigenvalue weighted by Crippen LogP contribution is -2.30. The number of thiazole rings is 1. The second kappa shape index (κ2) is 10.7. The SMILES string of the molecule is CCc1ccc(-c2nc(C)c(CSCC(=O)N(C)CCc3ccc(F)cc3)s2)cc1. The van der Waals surface area contributed by atoms with Crippen molar-refractivity contribution in [1.29, 1.82) is 0 Å². The van der Waals surface area contributed by atoms with Crippen LogP contribution in [0.15, 0.2) is 48.5 Å². The van der Waals surface area contributed by atoms with Crippen LogP contribution in [-0.2, 0) is 23.4 Å². The molecule has 3 nitrogen and oxygen atoms in total. The van der Waals surface area contributed by atoms with Crippen LogP contribution in [0.4, 0.5) is 4.39 Å². The van der Waals surface area contributed by atoms with Gasteiger partial charge in [-0.15, -0.1) is 23.1 Å². The van der Waals surface area contributed by atoms with Gasteiger partial charge in [-0.05, 0) is 43.0 Å². The van der Waals surface area contributed by atoms with Crippen LogP contribution in [0.5, 0.6) is 0 Å². The molecular formula is C24H27FN2OS2. The summed E-state index contributed by atoms with van der Waals surface area (Å²) in [6, 6.07) is 15.0. The van der Waals surface area contributed by atoms with E-state index in [1.807, 2.05) is 14.0 Å². The van der Waals surface area contributed by atoms with Gasteiger partial charge in [0.15, 0.2) is 0 Å². The first-order valence-corrected chi connectivity index (χ1v) is 12.0. The standard InChI is InChI=1S/C24H27FN2OS2/c1-4-18-5-9-20(10-6-18)24-26-17(2)22(30-24)15-29-16-23(28)27(3)14-13-19-7-11-21(25)12-8-19/h5-12H,4,13-16H2,1-3H3. The van der Waals surface area contributed by atoms with E-state index in [0.29, 0.717) is 12.3 Å². The molecule has 0 N–H and O–H groups in total. The first kappa shape index (κ1) is 22.5. The van der Waals surface area contributed by atoms with Crippen LogP contribution in [-0.4, -0.2) is 35.1 Å². The lowest BCUT2D eigenvalue weighted by molar-refractivity contribution is -0.127. The van der Waals surface area contributed by atoms with Crippen molar-refractivity contribution < 1.29 is 9.18 Å². The van der Waals surface area contributed by atoms with Crippen molar-refractivity contribution in [1.82, 2.24) is 9.88 Å². The fraction of sp³-hybridized carbons (Fsp3) is 0.333. The molecule has 0 saturated heterocycles. The third-order valence-electron chi connectivity index (χ3n) is 5.04. The van der Waals surface area contributed by atoms with Crippen LogP contribution in [0.25, 0.3) is 10.6 Å². The van der Waals surface area contributed by atoms with E-state index in [1.54, 1.807) is 40.1 Å². The molecule has 1 amide bonds. The molecule has 30 heavy (non-hydrogen) atoms. The first-order chi connectivity index (χ1) is 14.5. The average molecular weight is 443 g/mol. The van der Waals surface area contributed by atoms with E-state index < -0.39 is 0 Å². The Labute approximate surface area is 186 Å². The number of rotatable bonds is 9. The molecule has 1 heterocycles. The third-order valence-corrected chi connectivity index (χ3v) is 7.37. The van der Waals surface area contributed by atoms with Gasteiger partial charge in [0, 0.05) is 29.8 Å². The molecule has 0 aliphatic rings. The maximum Gasteiger partial charge on any atom is 0.232 e. The summed E-state index contributed by atoms with van der Waals surface area (Å²) in [5, 5.41) is 1.04. The Morgan fingerprint density at radius 2 is 1.77 bits per heavy atom. The molecule has 0 unspecified atom stereocenters. The van der Waals surface area contributed by atoms with Gasteiger partial charge in [-0.3, -0.25) is 4.79 Å². The highest BCUT2D eigenvalue weighted by atomic mass is 32.2. The number of nitrogens with zero attached hydrogens (tertiary/aromatic N) is 2. The van der Waals surface area contributed by atoms with E-state index in [0.717, 1.165) is 40.4 Å². The highest BCUT2D eigenvalue weighted by molar-refractivity contribution is 7.99. The van der Waals surface area contributed by atoms with E-state index in [9.17, 15) is 9.18 Å². The molecule has 6 heteroatoms. The Hall–Kier alpha value is -2.18. The van der Waals surface area contributed by atoms with Crippen LogP contribution < -0.4 is 0 Å². The van der Waals surface area contributed by atoms with E-state index in [1.165, 1.54) is 22.6 Å². The highest BCUT2D eigenvalue weighted by Gasteiger charge is 2.13. The van der Waals surface area contributed by atoms with E-state index in [2.05, 4.69) is 31.2 Å². The zero-order valence-corrected chi connectivity index (χ0v) is 19.3. The van der Waals surface area contributed by atoms with Gasteiger partial charge in [0.2, 0.25) is 5.91 Å². The van der Waals surface area contributed by atoms with Gasteiger partial charge in [-0.1, -0.05) is 43.3 Å². The Morgan fingerprint density at radius 3 is 2.43 bits per heavy atom.